The number of fused-ring (bicyclic) bond motifs is 1. The molecule has 3 aromatic heterocycles. The molecule has 2 N–H and O–H groups in total. The Labute approximate surface area is 214 Å². The Morgan fingerprint density at radius 3 is 2.86 bits per heavy atom. The number of aliphatic hydroxyl groups excluding tert-OH is 2. The van der Waals surface area contributed by atoms with Crippen LogP contribution >= 0.6 is 0 Å². The van der Waals surface area contributed by atoms with Gasteiger partial charge in [-0.25, -0.2) is 9.50 Å². The van der Waals surface area contributed by atoms with E-state index in [1.54, 1.807) is 64.0 Å². The topological polar surface area (TPSA) is 142 Å². The number of aromatic nitrogens is 5. The number of hydrogen-bond acceptors (Lipinski definition) is 9. The maximum atomic E-state index is 13.8. The maximum Gasteiger partial charge on any atom is 0.175 e. The molecule has 0 spiro atoms. The van der Waals surface area contributed by atoms with Gasteiger partial charge in [0.2, 0.25) is 0 Å². The molecule has 192 valence electrons. The van der Waals surface area contributed by atoms with Crippen LogP contribution in [0.2, 0.25) is 0 Å². The fourth-order valence-electron chi connectivity index (χ4n) is 4.31. The third-order valence-electron chi connectivity index (χ3n) is 6.33. The SMILES string of the molecule is CCC(C(=O)c1cnn2cccnc12)c1cn(CC(O)N(C)CCO)nc1-c1cc(C#N)ccc1OC. The zero-order valence-corrected chi connectivity index (χ0v) is 20.9. The van der Waals surface area contributed by atoms with Crippen LogP contribution in [0.5, 0.6) is 5.75 Å². The minimum absolute atomic E-state index is 0.0958. The molecule has 2 unspecified atom stereocenters. The lowest BCUT2D eigenvalue weighted by Gasteiger charge is -2.22. The van der Waals surface area contributed by atoms with Crippen molar-refractivity contribution in [2.45, 2.75) is 32.0 Å². The lowest BCUT2D eigenvalue weighted by Crippen LogP contribution is -2.37. The average molecular weight is 504 g/mol. The molecule has 1 aromatic carbocycles. The maximum absolute atomic E-state index is 13.8. The Morgan fingerprint density at radius 1 is 1.35 bits per heavy atom. The van der Waals surface area contributed by atoms with E-state index in [2.05, 4.69) is 16.2 Å². The zero-order chi connectivity index (χ0) is 26.5. The molecular weight excluding hydrogens is 474 g/mol. The van der Waals surface area contributed by atoms with Crippen LogP contribution in [0.4, 0.5) is 0 Å². The highest BCUT2D eigenvalue weighted by molar-refractivity contribution is 6.06. The molecule has 0 amide bonds. The summed E-state index contributed by atoms with van der Waals surface area (Å²) in [7, 11) is 3.23. The van der Waals surface area contributed by atoms with E-state index in [-0.39, 0.29) is 25.5 Å². The molecule has 4 aromatic rings. The fourth-order valence-corrected chi connectivity index (χ4v) is 4.31. The Kier molecular flexibility index (Phi) is 7.93. The van der Waals surface area contributed by atoms with E-state index in [1.165, 1.54) is 13.3 Å². The molecular formula is C26H29N7O4. The van der Waals surface area contributed by atoms with Crippen molar-refractivity contribution in [3.63, 3.8) is 0 Å². The van der Waals surface area contributed by atoms with Crippen LogP contribution in [0.1, 0.15) is 40.7 Å². The highest BCUT2D eigenvalue weighted by atomic mass is 16.5. The van der Waals surface area contributed by atoms with Crippen LogP contribution in [0.3, 0.4) is 0 Å². The van der Waals surface area contributed by atoms with Crippen molar-refractivity contribution in [1.82, 2.24) is 29.3 Å². The third kappa shape index (κ3) is 5.22. The lowest BCUT2D eigenvalue weighted by atomic mass is 9.88. The number of methoxy groups -OCH3 is 1. The Morgan fingerprint density at radius 2 is 2.16 bits per heavy atom. The van der Waals surface area contributed by atoms with E-state index < -0.39 is 12.1 Å². The number of ether oxygens (including phenoxy) is 1. The van der Waals surface area contributed by atoms with Crippen LogP contribution in [0.25, 0.3) is 16.9 Å². The first-order valence-corrected chi connectivity index (χ1v) is 11.9. The van der Waals surface area contributed by atoms with Crippen molar-refractivity contribution in [3.8, 4) is 23.1 Å². The van der Waals surface area contributed by atoms with Gasteiger partial charge in [0, 0.05) is 36.3 Å². The first-order valence-electron chi connectivity index (χ1n) is 11.9. The molecule has 0 aliphatic carbocycles. The van der Waals surface area contributed by atoms with E-state index in [1.807, 2.05) is 6.92 Å². The summed E-state index contributed by atoms with van der Waals surface area (Å²) in [6.45, 7) is 2.21. The van der Waals surface area contributed by atoms with Gasteiger partial charge in [-0.3, -0.25) is 14.4 Å². The van der Waals surface area contributed by atoms with Gasteiger partial charge in [0.05, 0.1) is 55.3 Å². The molecule has 2 atom stereocenters. The number of hydrogen-bond donors (Lipinski definition) is 2. The summed E-state index contributed by atoms with van der Waals surface area (Å²) < 4.78 is 8.69. The Balaban J connectivity index is 1.83. The lowest BCUT2D eigenvalue weighted by molar-refractivity contribution is -0.00181. The molecule has 0 bridgehead atoms. The van der Waals surface area contributed by atoms with Crippen molar-refractivity contribution in [2.75, 3.05) is 27.3 Å². The minimum Gasteiger partial charge on any atom is -0.496 e. The van der Waals surface area contributed by atoms with Crippen molar-refractivity contribution < 1.29 is 19.7 Å². The van der Waals surface area contributed by atoms with E-state index in [9.17, 15) is 20.3 Å². The zero-order valence-electron chi connectivity index (χ0n) is 20.9. The first kappa shape index (κ1) is 26.0. The number of aliphatic hydroxyl groups is 2. The van der Waals surface area contributed by atoms with Crippen molar-refractivity contribution in [3.05, 3.63) is 65.7 Å². The second-order valence-corrected chi connectivity index (χ2v) is 8.64. The standard InChI is InChI=1S/C26H29N7O4/c1-4-18(25(36)20-14-29-33-9-5-8-28-26(20)33)21-15-32(16-23(35)31(2)10-11-34)30-24(21)19-12-17(13-27)6-7-22(19)37-3/h5-9,12,14-15,18,23,34-35H,4,10-11,16H2,1-3H3. The van der Waals surface area contributed by atoms with Gasteiger partial charge in [-0.2, -0.15) is 15.5 Å². The summed E-state index contributed by atoms with van der Waals surface area (Å²) in [5, 5.41) is 38.3. The first-order chi connectivity index (χ1) is 17.9. The van der Waals surface area contributed by atoms with Crippen LogP contribution in [0, 0.1) is 11.3 Å². The van der Waals surface area contributed by atoms with Crippen LogP contribution in [0.15, 0.2) is 49.1 Å². The van der Waals surface area contributed by atoms with Crippen LogP contribution in [-0.4, -0.2) is 78.8 Å². The molecule has 0 aliphatic heterocycles. The molecule has 0 saturated carbocycles. The number of rotatable bonds is 11. The van der Waals surface area contributed by atoms with Crippen LogP contribution < -0.4 is 4.74 Å². The number of carbonyl (C=O) groups excluding carboxylic acids is 1. The summed E-state index contributed by atoms with van der Waals surface area (Å²) in [5.74, 6) is -0.254. The van der Waals surface area contributed by atoms with Gasteiger partial charge in [-0.05, 0) is 37.7 Å². The van der Waals surface area contributed by atoms with Crippen molar-refractivity contribution in [2.24, 2.45) is 0 Å². The molecule has 11 nitrogen and oxygen atoms in total. The molecule has 0 saturated heterocycles. The second-order valence-electron chi connectivity index (χ2n) is 8.64. The second kappa shape index (κ2) is 11.3. The van der Waals surface area contributed by atoms with Gasteiger partial charge in [-0.15, -0.1) is 0 Å². The number of benzene rings is 1. The van der Waals surface area contributed by atoms with Crippen molar-refractivity contribution in [1.29, 1.82) is 5.26 Å². The van der Waals surface area contributed by atoms with E-state index >= 15 is 0 Å². The molecule has 0 radical (unpaired) electrons. The fraction of sp³-hybridized carbons (Fsp3) is 0.346. The summed E-state index contributed by atoms with van der Waals surface area (Å²) in [4.78, 5) is 19.8. The molecule has 3 heterocycles. The largest absolute Gasteiger partial charge is 0.496 e. The molecule has 0 aliphatic rings. The molecule has 4 rings (SSSR count). The number of nitrogens with zero attached hydrogens (tertiary/aromatic N) is 7. The summed E-state index contributed by atoms with van der Waals surface area (Å²) in [6, 6.07) is 8.90. The Bertz CT molecular complexity index is 1440. The predicted octanol–water partition coefficient (Wildman–Crippen LogP) is 2.09. The Hall–Kier alpha value is -4.11. The summed E-state index contributed by atoms with van der Waals surface area (Å²) in [5.41, 5.74) is 2.96. The number of ketones is 1. The van der Waals surface area contributed by atoms with Gasteiger partial charge in [0.1, 0.15) is 12.0 Å². The predicted molar refractivity (Wildman–Crippen MR) is 135 cm³/mol. The summed E-state index contributed by atoms with van der Waals surface area (Å²) >= 11 is 0. The van der Waals surface area contributed by atoms with E-state index in [4.69, 9.17) is 9.84 Å². The monoisotopic (exact) mass is 503 g/mol. The van der Waals surface area contributed by atoms with Gasteiger partial charge in [0.15, 0.2) is 11.4 Å². The highest BCUT2D eigenvalue weighted by Gasteiger charge is 2.30. The number of nitriles is 1. The minimum atomic E-state index is -0.917. The molecule has 0 fully saturated rings. The smallest absolute Gasteiger partial charge is 0.175 e. The molecule has 11 heteroatoms. The third-order valence-corrected chi connectivity index (χ3v) is 6.33. The van der Waals surface area contributed by atoms with Crippen LogP contribution in [-0.2, 0) is 6.54 Å². The normalized spacial score (nSPS) is 13.0. The van der Waals surface area contributed by atoms with Crippen molar-refractivity contribution >= 4 is 11.4 Å². The summed E-state index contributed by atoms with van der Waals surface area (Å²) in [6.07, 6.45) is 6.15. The van der Waals surface area contributed by atoms with Gasteiger partial charge in [0.25, 0.3) is 0 Å². The van der Waals surface area contributed by atoms with Gasteiger partial charge in [-0.1, -0.05) is 6.92 Å². The average Bonchev–Trinajstić information content (AvgIpc) is 3.53. The van der Waals surface area contributed by atoms with E-state index in [0.717, 1.165) is 0 Å². The quantitative estimate of drug-likeness (QED) is 0.232. The van der Waals surface area contributed by atoms with Gasteiger partial charge < -0.3 is 14.9 Å². The highest BCUT2D eigenvalue weighted by Crippen LogP contribution is 2.38. The molecule has 37 heavy (non-hydrogen) atoms. The number of likely N-dealkylation sites (N-methyl/N-ethyl adjacent to an activating group) is 1. The number of Topliss-reactive ketones (excluding diaryl/α,β-unsaturated/α-hetero) is 1. The van der Waals surface area contributed by atoms with Gasteiger partial charge >= 0.3 is 0 Å². The number of carbonyl (C=O) groups is 1. The van der Waals surface area contributed by atoms with E-state index in [0.29, 0.717) is 45.8 Å².